The Morgan fingerprint density at radius 2 is 2.38 bits per heavy atom. The van der Waals surface area contributed by atoms with Crippen LogP contribution in [0.3, 0.4) is 0 Å². The van der Waals surface area contributed by atoms with E-state index in [4.69, 9.17) is 11.0 Å². The van der Waals surface area contributed by atoms with Gasteiger partial charge in [0.1, 0.15) is 5.82 Å². The largest absolute Gasteiger partial charge is 0.383 e. The average molecular weight is 171 g/mol. The Balaban J connectivity index is 2.89. The molecule has 0 aromatic carbocycles. The van der Waals surface area contributed by atoms with Gasteiger partial charge in [-0.1, -0.05) is 11.8 Å². The van der Waals surface area contributed by atoms with Crippen LogP contribution in [0.4, 0.5) is 5.82 Å². The second-order valence-electron chi connectivity index (χ2n) is 2.56. The topological polar surface area (TPSA) is 62.7 Å². The van der Waals surface area contributed by atoms with Gasteiger partial charge in [-0.15, -0.1) is 0 Å². The molecule has 0 bridgehead atoms. The molecule has 3 heteroatoms. The zero-order valence-corrected chi connectivity index (χ0v) is 7.33. The number of hydrogen-bond acceptors (Lipinski definition) is 3. The number of nitriles is 1. The molecule has 0 atom stereocenters. The van der Waals surface area contributed by atoms with Gasteiger partial charge in [0, 0.05) is 11.8 Å². The number of aromatic nitrogens is 1. The van der Waals surface area contributed by atoms with Gasteiger partial charge in [-0.25, -0.2) is 4.98 Å². The first-order chi connectivity index (χ1) is 6.24. The second-order valence-corrected chi connectivity index (χ2v) is 2.56. The summed E-state index contributed by atoms with van der Waals surface area (Å²) in [5.74, 6) is 6.05. The van der Waals surface area contributed by atoms with Gasteiger partial charge in [-0.3, -0.25) is 0 Å². The lowest BCUT2D eigenvalue weighted by atomic mass is 10.2. The summed E-state index contributed by atoms with van der Waals surface area (Å²) < 4.78 is 0. The van der Waals surface area contributed by atoms with Crippen LogP contribution in [-0.4, -0.2) is 4.98 Å². The molecular formula is C10H9N3. The van der Waals surface area contributed by atoms with Crippen molar-refractivity contribution in [2.45, 2.75) is 13.3 Å². The zero-order chi connectivity index (χ0) is 9.68. The highest BCUT2D eigenvalue weighted by Gasteiger charge is 1.94. The highest BCUT2D eigenvalue weighted by molar-refractivity contribution is 5.44. The molecule has 0 aliphatic rings. The van der Waals surface area contributed by atoms with Crippen molar-refractivity contribution < 1.29 is 0 Å². The van der Waals surface area contributed by atoms with E-state index in [9.17, 15) is 0 Å². The molecular weight excluding hydrogens is 162 g/mol. The second kappa shape index (κ2) is 4.13. The zero-order valence-electron chi connectivity index (χ0n) is 7.33. The van der Waals surface area contributed by atoms with Crippen LogP contribution < -0.4 is 5.73 Å². The molecule has 0 amide bonds. The van der Waals surface area contributed by atoms with Crippen LogP contribution >= 0.6 is 0 Å². The first-order valence-electron chi connectivity index (χ1n) is 3.82. The number of anilines is 1. The first kappa shape index (κ1) is 9.09. The van der Waals surface area contributed by atoms with Gasteiger partial charge >= 0.3 is 0 Å². The third-order valence-corrected chi connectivity index (χ3v) is 1.52. The van der Waals surface area contributed by atoms with E-state index in [2.05, 4.69) is 16.8 Å². The predicted octanol–water partition coefficient (Wildman–Crippen LogP) is 1.24. The number of hydrogen-bond donors (Lipinski definition) is 1. The van der Waals surface area contributed by atoms with Gasteiger partial charge in [0.05, 0.1) is 12.5 Å². The van der Waals surface area contributed by atoms with E-state index in [-0.39, 0.29) is 6.42 Å². The van der Waals surface area contributed by atoms with Crippen LogP contribution in [-0.2, 0) is 0 Å². The van der Waals surface area contributed by atoms with Gasteiger partial charge < -0.3 is 5.73 Å². The molecule has 0 aliphatic heterocycles. The predicted molar refractivity (Wildman–Crippen MR) is 50.5 cm³/mol. The third-order valence-electron chi connectivity index (χ3n) is 1.52. The standard InChI is InChI=1S/C10H9N3/c1-8-6-9(4-2-3-5-11)7-13-10(8)12/h6-7H,3H2,1H3,(H2,12,13). The maximum atomic E-state index is 8.25. The number of nitrogens with two attached hydrogens (primary N) is 1. The molecule has 13 heavy (non-hydrogen) atoms. The summed E-state index contributed by atoms with van der Waals surface area (Å²) in [4.78, 5) is 3.95. The first-order valence-corrected chi connectivity index (χ1v) is 3.82. The van der Waals surface area contributed by atoms with Crippen molar-refractivity contribution >= 4 is 5.82 Å². The third kappa shape index (κ3) is 2.50. The smallest absolute Gasteiger partial charge is 0.126 e. The van der Waals surface area contributed by atoms with E-state index in [0.717, 1.165) is 11.1 Å². The van der Waals surface area contributed by atoms with Crippen LogP contribution in [0, 0.1) is 30.1 Å². The summed E-state index contributed by atoms with van der Waals surface area (Å²) in [5.41, 5.74) is 7.23. The Kier molecular flexibility index (Phi) is 2.89. The van der Waals surface area contributed by atoms with E-state index in [1.54, 1.807) is 6.20 Å². The normalized spacial score (nSPS) is 8.31. The Bertz CT molecular complexity index is 404. The van der Waals surface area contributed by atoms with Gasteiger partial charge in [0.25, 0.3) is 0 Å². The lowest BCUT2D eigenvalue weighted by molar-refractivity contribution is 1.27. The van der Waals surface area contributed by atoms with Crippen LogP contribution in [0.2, 0.25) is 0 Å². The van der Waals surface area contributed by atoms with Gasteiger partial charge in [-0.05, 0) is 18.6 Å². The molecule has 0 unspecified atom stereocenters. The van der Waals surface area contributed by atoms with Crippen molar-refractivity contribution in [3.05, 3.63) is 23.4 Å². The minimum atomic E-state index is 0.240. The van der Waals surface area contributed by atoms with Gasteiger partial charge in [-0.2, -0.15) is 5.26 Å². The van der Waals surface area contributed by atoms with Crippen LogP contribution in [0.25, 0.3) is 0 Å². The van der Waals surface area contributed by atoms with E-state index < -0.39 is 0 Å². The maximum absolute atomic E-state index is 8.25. The van der Waals surface area contributed by atoms with E-state index in [1.807, 2.05) is 19.1 Å². The van der Waals surface area contributed by atoms with Crippen LogP contribution in [0.15, 0.2) is 12.3 Å². The number of pyridine rings is 1. The minimum Gasteiger partial charge on any atom is -0.383 e. The molecule has 64 valence electrons. The molecule has 0 radical (unpaired) electrons. The van der Waals surface area contributed by atoms with Crippen molar-refractivity contribution in [1.82, 2.24) is 4.98 Å². The molecule has 0 saturated heterocycles. The SMILES string of the molecule is Cc1cc(C#CCC#N)cnc1N. The molecule has 0 spiro atoms. The monoisotopic (exact) mass is 171 g/mol. The van der Waals surface area contributed by atoms with Crippen molar-refractivity contribution in [3.8, 4) is 17.9 Å². The van der Waals surface area contributed by atoms with Crippen molar-refractivity contribution in [2.75, 3.05) is 5.73 Å². The number of nitrogens with zero attached hydrogens (tertiary/aromatic N) is 2. The lowest BCUT2D eigenvalue weighted by Gasteiger charge is -1.97. The minimum absolute atomic E-state index is 0.240. The highest BCUT2D eigenvalue weighted by atomic mass is 14.8. The molecule has 0 aliphatic carbocycles. The summed E-state index contributed by atoms with van der Waals surface area (Å²) in [7, 11) is 0. The van der Waals surface area contributed by atoms with Crippen LogP contribution in [0.1, 0.15) is 17.5 Å². The highest BCUT2D eigenvalue weighted by Crippen LogP contribution is 2.07. The quantitative estimate of drug-likeness (QED) is 0.597. The number of nitrogen functional groups attached to an aromatic ring is 1. The Morgan fingerprint density at radius 3 is 3.00 bits per heavy atom. The summed E-state index contributed by atoms with van der Waals surface area (Å²) in [6.45, 7) is 1.87. The molecule has 1 heterocycles. The van der Waals surface area contributed by atoms with Crippen molar-refractivity contribution in [2.24, 2.45) is 0 Å². The fraction of sp³-hybridized carbons (Fsp3) is 0.200. The van der Waals surface area contributed by atoms with E-state index in [0.29, 0.717) is 5.82 Å². The maximum Gasteiger partial charge on any atom is 0.126 e. The Morgan fingerprint density at radius 1 is 1.62 bits per heavy atom. The summed E-state index contributed by atoms with van der Waals surface area (Å²) in [6, 6.07) is 3.80. The average Bonchev–Trinajstić information content (AvgIpc) is 2.12. The molecule has 2 N–H and O–H groups in total. The Labute approximate surface area is 77.2 Å². The van der Waals surface area contributed by atoms with Crippen molar-refractivity contribution in [3.63, 3.8) is 0 Å². The summed E-state index contributed by atoms with van der Waals surface area (Å²) in [6.07, 6.45) is 1.84. The van der Waals surface area contributed by atoms with Crippen LogP contribution in [0.5, 0.6) is 0 Å². The fourth-order valence-corrected chi connectivity index (χ4v) is 0.840. The Hall–Kier alpha value is -2.00. The summed E-state index contributed by atoms with van der Waals surface area (Å²) in [5, 5.41) is 8.25. The number of aryl methyl sites for hydroxylation is 1. The van der Waals surface area contributed by atoms with E-state index in [1.165, 1.54) is 0 Å². The summed E-state index contributed by atoms with van der Waals surface area (Å²) >= 11 is 0. The van der Waals surface area contributed by atoms with Gasteiger partial charge in [0.15, 0.2) is 0 Å². The lowest BCUT2D eigenvalue weighted by Crippen LogP contribution is -1.93. The fourth-order valence-electron chi connectivity index (χ4n) is 0.840. The molecule has 1 aromatic rings. The molecule has 1 rings (SSSR count). The van der Waals surface area contributed by atoms with Gasteiger partial charge in [0.2, 0.25) is 0 Å². The molecule has 1 aromatic heterocycles. The van der Waals surface area contributed by atoms with E-state index >= 15 is 0 Å². The van der Waals surface area contributed by atoms with Crippen molar-refractivity contribution in [1.29, 1.82) is 5.26 Å². The number of rotatable bonds is 0. The molecule has 3 nitrogen and oxygen atoms in total. The molecule has 0 fully saturated rings. The molecule has 0 saturated carbocycles.